The van der Waals surface area contributed by atoms with E-state index in [9.17, 15) is 22.3 Å². The van der Waals surface area contributed by atoms with Gasteiger partial charge >= 0.3 is 0 Å². The maximum atomic E-state index is 12.8. The van der Waals surface area contributed by atoms with Crippen LogP contribution < -0.4 is 0 Å². The highest BCUT2D eigenvalue weighted by Gasteiger charge is 2.44. The van der Waals surface area contributed by atoms with E-state index in [-0.39, 0.29) is 26.7 Å². The summed E-state index contributed by atoms with van der Waals surface area (Å²) in [7, 11) is -7.03. The van der Waals surface area contributed by atoms with Crippen LogP contribution in [0.2, 0.25) is 0 Å². The molecule has 0 spiro atoms. The Hall–Kier alpha value is -1.67. The van der Waals surface area contributed by atoms with Crippen LogP contribution >= 0.6 is 10.6 Å². The number of benzene rings is 2. The Kier molecular flexibility index (Phi) is 3.60. The lowest BCUT2D eigenvalue weighted by molar-refractivity contribution is 0.112. The number of hydrogen-bond acceptors (Lipinski definition) is 5. The van der Waals surface area contributed by atoms with Crippen LogP contribution in [-0.2, 0) is 9.84 Å². The first-order chi connectivity index (χ1) is 10.4. The van der Waals surface area contributed by atoms with Crippen LogP contribution in [0.4, 0.5) is 0 Å². The van der Waals surface area contributed by atoms with E-state index in [1.165, 1.54) is 30.3 Å². The Balaban J connectivity index is 2.22. The first-order valence-corrected chi connectivity index (χ1v) is 9.77. The van der Waals surface area contributed by atoms with Gasteiger partial charge in [0.25, 0.3) is 0 Å². The maximum absolute atomic E-state index is 12.8. The van der Waals surface area contributed by atoms with Crippen LogP contribution in [0.15, 0.2) is 58.3 Å². The van der Waals surface area contributed by atoms with Gasteiger partial charge in [0.2, 0.25) is 0 Å². The zero-order valence-electron chi connectivity index (χ0n) is 11.4. The number of fused-ring (bicyclic) bond motifs is 1. The molecule has 2 N–H and O–H groups in total. The van der Waals surface area contributed by atoms with Crippen molar-refractivity contribution in [3.05, 3.63) is 59.7 Å². The number of carbonyl (C=O) groups excluding carboxylic acids is 1. The molecule has 1 atom stereocenters. The molecule has 1 heterocycles. The van der Waals surface area contributed by atoms with Crippen molar-refractivity contribution in [2.75, 3.05) is 5.75 Å². The number of hydrogen-bond donors (Lipinski definition) is 2. The summed E-state index contributed by atoms with van der Waals surface area (Å²) in [6.07, 6.45) is 0.549. The van der Waals surface area contributed by atoms with Gasteiger partial charge in [-0.15, -0.1) is 0 Å². The van der Waals surface area contributed by atoms with Crippen LogP contribution in [0.3, 0.4) is 0 Å². The van der Waals surface area contributed by atoms with E-state index >= 15 is 0 Å². The molecule has 0 saturated heterocycles. The second-order valence-corrected chi connectivity index (χ2v) is 9.29. The van der Waals surface area contributed by atoms with Gasteiger partial charge in [-0.1, -0.05) is 30.3 Å². The summed E-state index contributed by atoms with van der Waals surface area (Å²) >= 11 is 0. The summed E-state index contributed by atoms with van der Waals surface area (Å²) in [4.78, 5) is 11.5. The van der Waals surface area contributed by atoms with Crippen LogP contribution in [0.1, 0.15) is 21.2 Å². The third kappa shape index (κ3) is 2.26. The van der Waals surface area contributed by atoms with Gasteiger partial charge in [-0.3, -0.25) is 13.9 Å². The molecule has 22 heavy (non-hydrogen) atoms. The molecular weight excluding hydrogens is 324 g/mol. The molecule has 1 aliphatic heterocycles. The first-order valence-electron chi connectivity index (χ1n) is 6.51. The lowest BCUT2D eigenvalue weighted by atomic mass is 10.1. The summed E-state index contributed by atoms with van der Waals surface area (Å²) in [5.41, 5.74) is 0.390. The molecule has 3 rings (SSSR count). The van der Waals surface area contributed by atoms with Crippen LogP contribution in [-0.4, -0.2) is 29.6 Å². The maximum Gasteiger partial charge on any atom is 0.187 e. The molecule has 0 saturated carbocycles. The standard InChI is InChI=1S/C15H14O5S2/c16-9-11-5-4-8-13-15(11)14(10-21(13,17)18)22(19,20)12-6-2-1-3-7-12/h1-9,14,17-18H,10H2. The van der Waals surface area contributed by atoms with Crippen molar-refractivity contribution in [2.45, 2.75) is 15.0 Å². The molecular formula is C15H14O5S2. The number of sulfone groups is 1. The lowest BCUT2D eigenvalue weighted by Crippen LogP contribution is -2.16. The predicted molar refractivity (Wildman–Crippen MR) is 84.2 cm³/mol. The quantitative estimate of drug-likeness (QED) is 0.839. The van der Waals surface area contributed by atoms with E-state index < -0.39 is 25.7 Å². The Morgan fingerprint density at radius 1 is 1.05 bits per heavy atom. The molecule has 2 aromatic carbocycles. The van der Waals surface area contributed by atoms with Crippen molar-refractivity contribution >= 4 is 26.7 Å². The zero-order chi connectivity index (χ0) is 16.0. The van der Waals surface area contributed by atoms with Gasteiger partial charge in [0, 0.05) is 11.1 Å². The Morgan fingerprint density at radius 3 is 2.36 bits per heavy atom. The SMILES string of the molecule is O=Cc1cccc2c1C(S(=O)(=O)c1ccccc1)CS2(O)O. The molecule has 116 valence electrons. The molecule has 0 radical (unpaired) electrons. The minimum atomic E-state index is -3.81. The van der Waals surface area contributed by atoms with Gasteiger partial charge in [-0.05, 0) is 18.2 Å². The highest BCUT2D eigenvalue weighted by molar-refractivity contribution is 8.25. The molecule has 0 bridgehead atoms. The predicted octanol–water partition coefficient (Wildman–Crippen LogP) is 3.14. The van der Waals surface area contributed by atoms with Crippen molar-refractivity contribution in [2.24, 2.45) is 0 Å². The van der Waals surface area contributed by atoms with E-state index in [1.54, 1.807) is 18.2 Å². The van der Waals surface area contributed by atoms with Gasteiger partial charge in [0.1, 0.15) is 11.5 Å². The van der Waals surface area contributed by atoms with Crippen LogP contribution in [0, 0.1) is 0 Å². The third-order valence-electron chi connectivity index (χ3n) is 3.73. The molecule has 0 aliphatic carbocycles. The fourth-order valence-corrected chi connectivity index (χ4v) is 7.17. The second kappa shape index (κ2) is 5.20. The molecule has 2 aromatic rings. The third-order valence-corrected chi connectivity index (χ3v) is 7.88. The van der Waals surface area contributed by atoms with Gasteiger partial charge in [0.05, 0.1) is 15.5 Å². The molecule has 0 fully saturated rings. The minimum absolute atomic E-state index is 0.101. The highest BCUT2D eigenvalue weighted by atomic mass is 32.3. The van der Waals surface area contributed by atoms with E-state index in [0.29, 0.717) is 6.29 Å². The van der Waals surface area contributed by atoms with Crippen molar-refractivity contribution in [3.8, 4) is 0 Å². The average Bonchev–Trinajstić information content (AvgIpc) is 2.81. The summed E-state index contributed by atoms with van der Waals surface area (Å²) < 4.78 is 46.1. The second-order valence-electron chi connectivity index (χ2n) is 5.06. The number of carbonyl (C=O) groups is 1. The van der Waals surface area contributed by atoms with Crippen LogP contribution in [0.25, 0.3) is 0 Å². The molecule has 0 aromatic heterocycles. The summed E-state index contributed by atoms with van der Waals surface area (Å²) in [5, 5.41) is -1.13. The van der Waals surface area contributed by atoms with E-state index in [4.69, 9.17) is 0 Å². The van der Waals surface area contributed by atoms with Crippen molar-refractivity contribution < 1.29 is 22.3 Å². The van der Waals surface area contributed by atoms with Crippen molar-refractivity contribution in [3.63, 3.8) is 0 Å². The molecule has 5 nitrogen and oxygen atoms in total. The fourth-order valence-electron chi connectivity index (χ4n) is 2.70. The lowest BCUT2D eigenvalue weighted by Gasteiger charge is -2.27. The Morgan fingerprint density at radius 2 is 1.73 bits per heavy atom. The van der Waals surface area contributed by atoms with Gasteiger partial charge in [-0.25, -0.2) is 8.42 Å². The smallest absolute Gasteiger partial charge is 0.187 e. The zero-order valence-corrected chi connectivity index (χ0v) is 13.0. The van der Waals surface area contributed by atoms with Gasteiger partial charge in [-0.2, -0.15) is 10.6 Å². The van der Waals surface area contributed by atoms with E-state index in [0.717, 1.165) is 0 Å². The molecule has 1 aliphatic rings. The summed E-state index contributed by atoms with van der Waals surface area (Å²) in [6.45, 7) is 0. The number of rotatable bonds is 3. The molecule has 7 heteroatoms. The molecule has 1 unspecified atom stereocenters. The largest absolute Gasteiger partial charge is 0.298 e. The highest BCUT2D eigenvalue weighted by Crippen LogP contribution is 2.61. The van der Waals surface area contributed by atoms with E-state index in [2.05, 4.69) is 0 Å². The Labute approximate surface area is 129 Å². The van der Waals surface area contributed by atoms with E-state index in [1.807, 2.05) is 0 Å². The Bertz CT molecular complexity index is 828. The van der Waals surface area contributed by atoms with Gasteiger partial charge < -0.3 is 0 Å². The van der Waals surface area contributed by atoms with Crippen LogP contribution in [0.5, 0.6) is 0 Å². The van der Waals surface area contributed by atoms with Crippen molar-refractivity contribution in [1.29, 1.82) is 0 Å². The monoisotopic (exact) mass is 338 g/mol. The molecule has 0 amide bonds. The summed E-state index contributed by atoms with van der Waals surface area (Å²) in [5.74, 6) is -0.315. The fraction of sp³-hybridized carbons (Fsp3) is 0.133. The summed E-state index contributed by atoms with van der Waals surface area (Å²) in [6, 6.07) is 12.3. The normalized spacial score (nSPS) is 21.1. The number of aldehydes is 1. The van der Waals surface area contributed by atoms with Crippen molar-refractivity contribution in [1.82, 2.24) is 0 Å². The first kappa shape index (κ1) is 15.2. The minimum Gasteiger partial charge on any atom is -0.298 e. The van der Waals surface area contributed by atoms with Gasteiger partial charge in [0.15, 0.2) is 9.84 Å². The topological polar surface area (TPSA) is 91.7 Å². The average molecular weight is 338 g/mol.